The molecule has 0 aliphatic rings. The van der Waals surface area contributed by atoms with E-state index >= 15 is 0 Å². The highest BCUT2D eigenvalue weighted by Gasteiger charge is 2.17. The Hall–Kier alpha value is -2.95. The van der Waals surface area contributed by atoms with Crippen molar-refractivity contribution < 1.29 is 19.0 Å². The third-order valence-corrected chi connectivity index (χ3v) is 4.69. The lowest BCUT2D eigenvalue weighted by Gasteiger charge is -2.27. The fourth-order valence-electron chi connectivity index (χ4n) is 3.11. The second-order valence-corrected chi connectivity index (χ2v) is 6.47. The van der Waals surface area contributed by atoms with Gasteiger partial charge in [0.2, 0.25) is 5.91 Å². The summed E-state index contributed by atoms with van der Waals surface area (Å²) in [6.45, 7) is 4.69. The molecule has 5 heteroatoms. The van der Waals surface area contributed by atoms with Gasteiger partial charge in [0.15, 0.2) is 0 Å². The molecule has 1 atom stereocenters. The number of ether oxygens (including phenoxy) is 3. The maximum absolute atomic E-state index is 12.8. The van der Waals surface area contributed by atoms with Crippen LogP contribution in [0.2, 0.25) is 0 Å². The number of likely N-dealkylation sites (N-methyl/N-ethyl adjacent to an activating group) is 1. The highest BCUT2D eigenvalue weighted by molar-refractivity contribution is 5.92. The minimum Gasteiger partial charge on any atom is -0.497 e. The Morgan fingerprint density at radius 2 is 1.64 bits per heavy atom. The number of nitrogens with zero attached hydrogens (tertiary/aromatic N) is 1. The summed E-state index contributed by atoms with van der Waals surface area (Å²) >= 11 is 0. The number of carbonyl (C=O) groups excluding carboxylic acids is 1. The molecule has 5 nitrogen and oxygen atoms in total. The lowest BCUT2D eigenvalue weighted by molar-refractivity contribution is -0.127. The van der Waals surface area contributed by atoms with Gasteiger partial charge in [-0.15, -0.1) is 0 Å². The molecular formula is C23H29NO4. The van der Waals surface area contributed by atoms with Crippen LogP contribution < -0.4 is 14.2 Å². The maximum atomic E-state index is 12.8. The van der Waals surface area contributed by atoms with Crippen molar-refractivity contribution in [3.05, 3.63) is 59.7 Å². The van der Waals surface area contributed by atoms with E-state index in [9.17, 15) is 4.79 Å². The standard InChI is InChI=1S/C23H29NO4/c1-6-24(17(2)15-18-7-11-20(26-3)12-8-18)23(25)14-10-19-9-13-21(27-4)16-22(19)28-5/h7-14,16-17H,6,15H2,1-5H3. The number of rotatable bonds is 9. The van der Waals surface area contributed by atoms with E-state index in [1.807, 2.05) is 48.2 Å². The molecule has 0 N–H and O–H groups in total. The summed E-state index contributed by atoms with van der Waals surface area (Å²) in [5.74, 6) is 2.18. The lowest BCUT2D eigenvalue weighted by Crippen LogP contribution is -2.38. The molecule has 0 radical (unpaired) electrons. The van der Waals surface area contributed by atoms with E-state index in [4.69, 9.17) is 14.2 Å². The van der Waals surface area contributed by atoms with Crippen LogP contribution in [0.5, 0.6) is 17.2 Å². The zero-order chi connectivity index (χ0) is 20.5. The van der Waals surface area contributed by atoms with Crippen LogP contribution in [0, 0.1) is 0 Å². The molecule has 0 saturated heterocycles. The second-order valence-electron chi connectivity index (χ2n) is 6.47. The van der Waals surface area contributed by atoms with Crippen molar-refractivity contribution in [1.82, 2.24) is 4.90 Å². The Bertz CT molecular complexity index is 799. The first kappa shape index (κ1) is 21.4. The van der Waals surface area contributed by atoms with Gasteiger partial charge in [-0.2, -0.15) is 0 Å². The van der Waals surface area contributed by atoms with Gasteiger partial charge in [0.05, 0.1) is 21.3 Å². The van der Waals surface area contributed by atoms with Crippen molar-refractivity contribution in [3.63, 3.8) is 0 Å². The number of methoxy groups -OCH3 is 3. The molecular weight excluding hydrogens is 354 g/mol. The summed E-state index contributed by atoms with van der Waals surface area (Å²) in [4.78, 5) is 14.6. The normalized spacial score (nSPS) is 11.9. The first-order chi connectivity index (χ1) is 13.5. The molecule has 1 unspecified atom stereocenters. The van der Waals surface area contributed by atoms with Gasteiger partial charge in [0, 0.05) is 30.3 Å². The van der Waals surface area contributed by atoms with Crippen molar-refractivity contribution in [2.45, 2.75) is 26.3 Å². The second kappa shape index (κ2) is 10.4. The molecule has 0 aliphatic carbocycles. The molecule has 0 spiro atoms. The molecule has 0 fully saturated rings. The number of benzene rings is 2. The van der Waals surface area contributed by atoms with Crippen molar-refractivity contribution in [2.24, 2.45) is 0 Å². The van der Waals surface area contributed by atoms with Gasteiger partial charge >= 0.3 is 0 Å². The molecule has 2 rings (SSSR count). The Morgan fingerprint density at radius 3 is 2.21 bits per heavy atom. The topological polar surface area (TPSA) is 48.0 Å². The maximum Gasteiger partial charge on any atom is 0.246 e. The van der Waals surface area contributed by atoms with Crippen LogP contribution in [0.25, 0.3) is 6.08 Å². The zero-order valence-corrected chi connectivity index (χ0v) is 17.3. The van der Waals surface area contributed by atoms with Crippen LogP contribution >= 0.6 is 0 Å². The summed E-state index contributed by atoms with van der Waals surface area (Å²) in [5.41, 5.74) is 2.00. The Kier molecular flexibility index (Phi) is 7.93. The van der Waals surface area contributed by atoms with Gasteiger partial charge in [0.1, 0.15) is 17.2 Å². The number of carbonyl (C=O) groups is 1. The summed E-state index contributed by atoms with van der Waals surface area (Å²) in [5, 5.41) is 0. The Balaban J connectivity index is 2.08. The zero-order valence-electron chi connectivity index (χ0n) is 17.3. The molecule has 2 aromatic carbocycles. The third kappa shape index (κ3) is 5.52. The van der Waals surface area contributed by atoms with E-state index in [1.54, 1.807) is 39.5 Å². The summed E-state index contributed by atoms with van der Waals surface area (Å²) in [6, 6.07) is 13.5. The average molecular weight is 383 g/mol. The van der Waals surface area contributed by atoms with E-state index in [1.165, 1.54) is 5.56 Å². The molecule has 2 aromatic rings. The van der Waals surface area contributed by atoms with Crippen molar-refractivity contribution in [3.8, 4) is 17.2 Å². The lowest BCUT2D eigenvalue weighted by atomic mass is 10.1. The van der Waals surface area contributed by atoms with Gasteiger partial charge in [-0.25, -0.2) is 0 Å². The van der Waals surface area contributed by atoms with Crippen LogP contribution in [0.3, 0.4) is 0 Å². The average Bonchev–Trinajstić information content (AvgIpc) is 2.73. The molecule has 0 saturated carbocycles. The molecule has 150 valence electrons. The van der Waals surface area contributed by atoms with Gasteiger partial charge in [-0.1, -0.05) is 12.1 Å². The monoisotopic (exact) mass is 383 g/mol. The van der Waals surface area contributed by atoms with Gasteiger partial charge < -0.3 is 19.1 Å². The minimum atomic E-state index is -0.0265. The first-order valence-corrected chi connectivity index (χ1v) is 9.36. The van der Waals surface area contributed by atoms with Gasteiger partial charge in [-0.05, 0) is 56.2 Å². The van der Waals surface area contributed by atoms with Crippen LogP contribution in [0.1, 0.15) is 25.0 Å². The number of hydrogen-bond acceptors (Lipinski definition) is 4. The SMILES string of the molecule is CCN(C(=O)C=Cc1ccc(OC)cc1OC)C(C)Cc1ccc(OC)cc1. The molecule has 1 amide bonds. The first-order valence-electron chi connectivity index (χ1n) is 9.36. The van der Waals surface area contributed by atoms with Crippen molar-refractivity contribution in [2.75, 3.05) is 27.9 Å². The number of hydrogen-bond donors (Lipinski definition) is 0. The van der Waals surface area contributed by atoms with Crippen LogP contribution in [-0.2, 0) is 11.2 Å². The quantitative estimate of drug-likeness (QED) is 0.609. The van der Waals surface area contributed by atoms with E-state index < -0.39 is 0 Å². The Labute approximate surface area is 167 Å². The third-order valence-electron chi connectivity index (χ3n) is 4.69. The minimum absolute atomic E-state index is 0.0265. The summed E-state index contributed by atoms with van der Waals surface area (Å²) in [6.07, 6.45) is 4.16. The highest BCUT2D eigenvalue weighted by atomic mass is 16.5. The number of amides is 1. The molecule has 0 aliphatic heterocycles. The van der Waals surface area contributed by atoms with Crippen LogP contribution in [0.4, 0.5) is 0 Å². The van der Waals surface area contributed by atoms with Gasteiger partial charge in [-0.3, -0.25) is 4.79 Å². The van der Waals surface area contributed by atoms with Crippen molar-refractivity contribution >= 4 is 12.0 Å². The fraction of sp³-hybridized carbons (Fsp3) is 0.348. The van der Waals surface area contributed by atoms with E-state index in [2.05, 4.69) is 6.92 Å². The fourth-order valence-corrected chi connectivity index (χ4v) is 3.11. The Morgan fingerprint density at radius 1 is 1.00 bits per heavy atom. The molecule has 0 bridgehead atoms. The molecule has 0 heterocycles. The van der Waals surface area contributed by atoms with E-state index in [-0.39, 0.29) is 11.9 Å². The summed E-state index contributed by atoms with van der Waals surface area (Å²) < 4.78 is 15.8. The predicted molar refractivity (Wildman–Crippen MR) is 112 cm³/mol. The predicted octanol–water partition coefficient (Wildman–Crippen LogP) is 4.21. The van der Waals surface area contributed by atoms with E-state index in [0.717, 1.165) is 17.7 Å². The van der Waals surface area contributed by atoms with Gasteiger partial charge in [0.25, 0.3) is 0 Å². The largest absolute Gasteiger partial charge is 0.497 e. The molecule has 0 aromatic heterocycles. The highest BCUT2D eigenvalue weighted by Crippen LogP contribution is 2.25. The summed E-state index contributed by atoms with van der Waals surface area (Å²) in [7, 11) is 4.86. The smallest absolute Gasteiger partial charge is 0.246 e. The van der Waals surface area contributed by atoms with Crippen LogP contribution in [0.15, 0.2) is 48.5 Å². The van der Waals surface area contributed by atoms with Crippen molar-refractivity contribution in [1.29, 1.82) is 0 Å². The van der Waals surface area contributed by atoms with E-state index in [0.29, 0.717) is 18.0 Å². The molecule has 28 heavy (non-hydrogen) atoms. The van der Waals surface area contributed by atoms with Crippen LogP contribution in [-0.4, -0.2) is 44.7 Å².